The zero-order chi connectivity index (χ0) is 15.0. The van der Waals surface area contributed by atoms with Gasteiger partial charge in [-0.25, -0.2) is 0 Å². The third-order valence-electron chi connectivity index (χ3n) is 4.30. The number of carbonyl (C=O) groups excluding carboxylic acids is 2. The van der Waals surface area contributed by atoms with Gasteiger partial charge < -0.3 is 14.3 Å². The van der Waals surface area contributed by atoms with Crippen LogP contribution in [0.25, 0.3) is 0 Å². The van der Waals surface area contributed by atoms with Gasteiger partial charge in [0.05, 0.1) is 0 Å². The fraction of sp³-hybridized carbons (Fsp3) is 0.714. The summed E-state index contributed by atoms with van der Waals surface area (Å²) >= 11 is 0. The molecule has 0 aromatic carbocycles. The molecule has 3 heterocycles. The second-order valence-corrected chi connectivity index (χ2v) is 5.62. The normalized spacial score (nSPS) is 25.6. The highest BCUT2D eigenvalue weighted by Gasteiger charge is 2.46. The molecule has 2 saturated heterocycles. The molecule has 2 aliphatic rings. The Balaban J connectivity index is 1.75. The number of amides is 2. The van der Waals surface area contributed by atoms with Gasteiger partial charge >= 0.3 is 0 Å². The van der Waals surface area contributed by atoms with Crippen LogP contribution in [0.15, 0.2) is 4.52 Å². The Kier molecular flexibility index (Phi) is 3.65. The molecule has 2 atom stereocenters. The average Bonchev–Trinajstić information content (AvgIpc) is 3.10. The van der Waals surface area contributed by atoms with Crippen molar-refractivity contribution in [2.45, 2.75) is 51.6 Å². The molecule has 2 fully saturated rings. The lowest BCUT2D eigenvalue weighted by molar-refractivity contribution is -0.159. The summed E-state index contributed by atoms with van der Waals surface area (Å²) in [7, 11) is 0. The molecule has 1 aromatic rings. The van der Waals surface area contributed by atoms with Crippen LogP contribution in [0.2, 0.25) is 0 Å². The van der Waals surface area contributed by atoms with Gasteiger partial charge in [-0.3, -0.25) is 9.59 Å². The van der Waals surface area contributed by atoms with Crippen LogP contribution in [0.5, 0.6) is 0 Å². The van der Waals surface area contributed by atoms with Gasteiger partial charge in [0.15, 0.2) is 5.82 Å². The summed E-state index contributed by atoms with van der Waals surface area (Å²) < 4.78 is 4.94. The molecule has 7 heteroatoms. The first kappa shape index (κ1) is 14.0. The van der Waals surface area contributed by atoms with Crippen LogP contribution >= 0.6 is 0 Å². The lowest BCUT2D eigenvalue weighted by Crippen LogP contribution is -2.62. The Morgan fingerprint density at radius 1 is 1.33 bits per heavy atom. The summed E-state index contributed by atoms with van der Waals surface area (Å²) in [6.07, 6.45) is 2.84. The van der Waals surface area contributed by atoms with Gasteiger partial charge in [0.1, 0.15) is 12.1 Å². The van der Waals surface area contributed by atoms with Crippen LogP contribution in [0, 0.1) is 6.92 Å². The molecule has 2 aliphatic heterocycles. The lowest BCUT2D eigenvalue weighted by Gasteiger charge is -2.42. The Hall–Kier alpha value is -1.92. The molecule has 0 N–H and O–H groups in total. The molecule has 21 heavy (non-hydrogen) atoms. The highest BCUT2D eigenvalue weighted by molar-refractivity contribution is 5.97. The van der Waals surface area contributed by atoms with Gasteiger partial charge in [-0.1, -0.05) is 12.1 Å². The first-order valence-corrected chi connectivity index (χ1v) is 7.52. The molecule has 2 amide bonds. The predicted molar refractivity (Wildman–Crippen MR) is 73.3 cm³/mol. The fourth-order valence-corrected chi connectivity index (χ4v) is 3.28. The zero-order valence-corrected chi connectivity index (χ0v) is 12.4. The Labute approximate surface area is 123 Å². The third kappa shape index (κ3) is 2.41. The molecular formula is C14H20N4O3. The Bertz CT molecular complexity index is 556. The first-order valence-electron chi connectivity index (χ1n) is 7.52. The SMILES string of the molecule is CCC1C(=O)N2CCCC2C(=O)N1CCc1noc(C)n1. The minimum absolute atomic E-state index is 0.0687. The van der Waals surface area contributed by atoms with Gasteiger partial charge in [0, 0.05) is 26.4 Å². The summed E-state index contributed by atoms with van der Waals surface area (Å²) in [6, 6.07) is -0.604. The topological polar surface area (TPSA) is 79.5 Å². The van der Waals surface area contributed by atoms with Crippen molar-refractivity contribution in [2.75, 3.05) is 13.1 Å². The molecular weight excluding hydrogens is 272 g/mol. The standard InChI is InChI=1S/C14H20N4O3/c1-3-10-13(19)17-7-4-5-11(17)14(20)18(10)8-6-12-15-9(2)21-16-12/h10-11H,3-8H2,1-2H3. The van der Waals surface area contributed by atoms with Gasteiger partial charge in [0.25, 0.3) is 0 Å². The van der Waals surface area contributed by atoms with E-state index in [1.807, 2.05) is 6.92 Å². The van der Waals surface area contributed by atoms with Crippen LogP contribution < -0.4 is 0 Å². The number of hydrogen-bond donors (Lipinski definition) is 0. The van der Waals surface area contributed by atoms with E-state index in [0.29, 0.717) is 37.6 Å². The highest BCUT2D eigenvalue weighted by Crippen LogP contribution is 2.28. The van der Waals surface area contributed by atoms with Gasteiger partial charge in [-0.15, -0.1) is 0 Å². The smallest absolute Gasteiger partial charge is 0.246 e. The highest BCUT2D eigenvalue weighted by atomic mass is 16.5. The van der Waals surface area contributed by atoms with Crippen molar-refractivity contribution in [2.24, 2.45) is 0 Å². The van der Waals surface area contributed by atoms with Crippen LogP contribution in [0.1, 0.15) is 37.9 Å². The molecule has 114 valence electrons. The second kappa shape index (κ2) is 5.46. The van der Waals surface area contributed by atoms with Crippen LogP contribution in [0.3, 0.4) is 0 Å². The van der Waals surface area contributed by atoms with E-state index < -0.39 is 0 Å². The summed E-state index contributed by atoms with van der Waals surface area (Å²) in [5, 5.41) is 3.84. The molecule has 1 aromatic heterocycles. The predicted octanol–water partition coefficient (Wildman–Crippen LogP) is 0.532. The summed E-state index contributed by atoms with van der Waals surface area (Å²) in [4.78, 5) is 32.7. The zero-order valence-electron chi connectivity index (χ0n) is 12.4. The minimum Gasteiger partial charge on any atom is -0.340 e. The van der Waals surface area contributed by atoms with E-state index in [9.17, 15) is 9.59 Å². The van der Waals surface area contributed by atoms with Crippen molar-refractivity contribution in [1.29, 1.82) is 0 Å². The second-order valence-electron chi connectivity index (χ2n) is 5.62. The Morgan fingerprint density at radius 2 is 2.14 bits per heavy atom. The number of nitrogens with zero attached hydrogens (tertiary/aromatic N) is 4. The van der Waals surface area contributed by atoms with E-state index in [-0.39, 0.29) is 23.9 Å². The number of carbonyl (C=O) groups is 2. The fourth-order valence-electron chi connectivity index (χ4n) is 3.28. The third-order valence-corrected chi connectivity index (χ3v) is 4.30. The van der Waals surface area contributed by atoms with E-state index in [4.69, 9.17) is 4.52 Å². The van der Waals surface area contributed by atoms with Crippen molar-refractivity contribution in [3.63, 3.8) is 0 Å². The minimum atomic E-state index is -0.347. The van der Waals surface area contributed by atoms with Crippen molar-refractivity contribution >= 4 is 11.8 Å². The van der Waals surface area contributed by atoms with E-state index in [2.05, 4.69) is 10.1 Å². The molecule has 2 unspecified atom stereocenters. The quantitative estimate of drug-likeness (QED) is 0.809. The van der Waals surface area contributed by atoms with E-state index in [0.717, 1.165) is 12.8 Å². The van der Waals surface area contributed by atoms with Gasteiger partial charge in [0.2, 0.25) is 17.7 Å². The molecule has 0 aliphatic carbocycles. The monoisotopic (exact) mass is 292 g/mol. The summed E-state index contributed by atoms with van der Waals surface area (Å²) in [5.74, 6) is 1.25. The Morgan fingerprint density at radius 3 is 2.81 bits per heavy atom. The molecule has 7 nitrogen and oxygen atoms in total. The van der Waals surface area contributed by atoms with Crippen molar-refractivity contribution in [3.8, 4) is 0 Å². The number of piperazine rings is 1. The van der Waals surface area contributed by atoms with Crippen LogP contribution in [0.4, 0.5) is 0 Å². The molecule has 0 bridgehead atoms. The van der Waals surface area contributed by atoms with Crippen LogP contribution in [-0.2, 0) is 16.0 Å². The van der Waals surface area contributed by atoms with Crippen molar-refractivity contribution in [1.82, 2.24) is 19.9 Å². The summed E-state index contributed by atoms with van der Waals surface area (Å²) in [6.45, 7) is 4.85. The number of rotatable bonds is 4. The number of aryl methyl sites for hydroxylation is 1. The maximum atomic E-state index is 12.6. The van der Waals surface area contributed by atoms with Gasteiger partial charge in [-0.05, 0) is 19.3 Å². The van der Waals surface area contributed by atoms with Crippen molar-refractivity contribution in [3.05, 3.63) is 11.7 Å². The first-order chi connectivity index (χ1) is 10.1. The lowest BCUT2D eigenvalue weighted by atomic mass is 10.0. The number of fused-ring (bicyclic) bond motifs is 1. The molecule has 0 saturated carbocycles. The largest absolute Gasteiger partial charge is 0.340 e. The molecule has 0 spiro atoms. The summed E-state index contributed by atoms with van der Waals surface area (Å²) in [5.41, 5.74) is 0. The van der Waals surface area contributed by atoms with E-state index >= 15 is 0 Å². The molecule has 3 rings (SSSR count). The van der Waals surface area contributed by atoms with E-state index in [1.165, 1.54) is 0 Å². The average molecular weight is 292 g/mol. The number of aromatic nitrogens is 2. The van der Waals surface area contributed by atoms with Crippen molar-refractivity contribution < 1.29 is 14.1 Å². The van der Waals surface area contributed by atoms with Gasteiger partial charge in [-0.2, -0.15) is 4.98 Å². The maximum absolute atomic E-state index is 12.6. The maximum Gasteiger partial charge on any atom is 0.246 e. The van der Waals surface area contributed by atoms with Crippen LogP contribution in [-0.4, -0.2) is 56.9 Å². The van der Waals surface area contributed by atoms with E-state index in [1.54, 1.807) is 16.7 Å². The number of hydrogen-bond acceptors (Lipinski definition) is 5. The molecule has 0 radical (unpaired) electrons.